The van der Waals surface area contributed by atoms with Crippen molar-refractivity contribution in [2.75, 3.05) is 11.9 Å². The highest BCUT2D eigenvalue weighted by Gasteiger charge is 2.10. The van der Waals surface area contributed by atoms with E-state index >= 15 is 0 Å². The van der Waals surface area contributed by atoms with Gasteiger partial charge < -0.3 is 10.4 Å². The van der Waals surface area contributed by atoms with Gasteiger partial charge in [0.05, 0.1) is 6.42 Å². The molecule has 1 aromatic carbocycles. The average Bonchev–Trinajstić information content (AvgIpc) is 2.85. The number of amides is 2. The van der Waals surface area contributed by atoms with Gasteiger partial charge in [-0.3, -0.25) is 10.1 Å². The first kappa shape index (κ1) is 15.9. The zero-order valence-corrected chi connectivity index (χ0v) is 13.0. The van der Waals surface area contributed by atoms with Crippen molar-refractivity contribution in [2.45, 2.75) is 20.3 Å². The lowest BCUT2D eigenvalue weighted by Crippen LogP contribution is -2.30. The van der Waals surface area contributed by atoms with Gasteiger partial charge in [0.25, 0.3) is 0 Å². The molecule has 2 aromatic rings. The van der Waals surface area contributed by atoms with Crippen LogP contribution in [-0.2, 0) is 4.79 Å². The smallest absolute Gasteiger partial charge is 0.321 e. The molecular weight excluding hydrogens is 304 g/mol. The number of urea groups is 1. The molecule has 0 bridgehead atoms. The van der Waals surface area contributed by atoms with E-state index in [-0.39, 0.29) is 13.0 Å². The number of carboxylic acids is 1. The Morgan fingerprint density at radius 3 is 2.50 bits per heavy atom. The lowest BCUT2D eigenvalue weighted by Gasteiger charge is -2.02. The third-order valence-corrected chi connectivity index (χ3v) is 3.63. The second kappa shape index (κ2) is 6.99. The van der Waals surface area contributed by atoms with Crippen molar-refractivity contribution < 1.29 is 14.7 Å². The van der Waals surface area contributed by atoms with Gasteiger partial charge in [-0.05, 0) is 26.0 Å². The van der Waals surface area contributed by atoms with Gasteiger partial charge in [-0.25, -0.2) is 4.79 Å². The van der Waals surface area contributed by atoms with Crippen molar-refractivity contribution in [1.82, 2.24) is 15.5 Å². The Kier molecular flexibility index (Phi) is 5.05. The van der Waals surface area contributed by atoms with E-state index in [1.165, 1.54) is 11.3 Å². The number of hydrogen-bond donors (Lipinski definition) is 3. The molecule has 2 amide bonds. The van der Waals surface area contributed by atoms with Crippen LogP contribution in [0.3, 0.4) is 0 Å². The third-order valence-electron chi connectivity index (χ3n) is 2.74. The molecule has 0 aliphatic rings. The van der Waals surface area contributed by atoms with Gasteiger partial charge in [-0.2, -0.15) is 0 Å². The van der Waals surface area contributed by atoms with Gasteiger partial charge in [-0.15, -0.1) is 10.2 Å². The minimum absolute atomic E-state index is 0.0594. The second-order valence-corrected chi connectivity index (χ2v) is 5.79. The quantitative estimate of drug-likeness (QED) is 0.785. The van der Waals surface area contributed by atoms with E-state index < -0.39 is 12.0 Å². The standard InChI is InChI=1S/C14H16N4O3S/c1-8-5-9(2)7-10(6-8)12-17-18-14(22-12)16-13(21)15-4-3-11(19)20/h5-7H,3-4H2,1-2H3,(H,19,20)(H2,15,16,18,21). The first-order valence-electron chi connectivity index (χ1n) is 6.63. The fraction of sp³-hybridized carbons (Fsp3) is 0.286. The molecule has 0 saturated carbocycles. The van der Waals surface area contributed by atoms with E-state index in [1.807, 2.05) is 26.0 Å². The first-order valence-corrected chi connectivity index (χ1v) is 7.44. The van der Waals surface area contributed by atoms with Crippen LogP contribution in [0.4, 0.5) is 9.93 Å². The zero-order valence-electron chi connectivity index (χ0n) is 12.2. The highest BCUT2D eigenvalue weighted by Crippen LogP contribution is 2.27. The number of aromatic nitrogens is 2. The van der Waals surface area contributed by atoms with E-state index in [4.69, 9.17) is 5.11 Å². The number of hydrogen-bond acceptors (Lipinski definition) is 5. The number of carbonyl (C=O) groups is 2. The molecule has 7 nitrogen and oxygen atoms in total. The predicted molar refractivity (Wildman–Crippen MR) is 84.1 cm³/mol. The molecule has 1 heterocycles. The van der Waals surface area contributed by atoms with Crippen LogP contribution >= 0.6 is 11.3 Å². The Bertz CT molecular complexity index is 679. The van der Waals surface area contributed by atoms with Crippen molar-refractivity contribution in [1.29, 1.82) is 0 Å². The number of rotatable bonds is 5. The third kappa shape index (κ3) is 4.52. The van der Waals surface area contributed by atoms with Gasteiger partial charge in [0.1, 0.15) is 5.01 Å². The minimum atomic E-state index is -0.965. The van der Waals surface area contributed by atoms with Crippen LogP contribution < -0.4 is 10.6 Å². The lowest BCUT2D eigenvalue weighted by atomic mass is 10.1. The van der Waals surface area contributed by atoms with Crippen molar-refractivity contribution >= 4 is 28.5 Å². The molecule has 1 aromatic heterocycles. The molecule has 0 unspecified atom stereocenters. The average molecular weight is 320 g/mol. The van der Waals surface area contributed by atoms with Gasteiger partial charge in [-0.1, -0.05) is 28.5 Å². The number of carbonyl (C=O) groups excluding carboxylic acids is 1. The Morgan fingerprint density at radius 2 is 1.86 bits per heavy atom. The largest absolute Gasteiger partial charge is 0.481 e. The summed E-state index contributed by atoms with van der Waals surface area (Å²) in [5.41, 5.74) is 3.21. The predicted octanol–water partition coefficient (Wildman–Crippen LogP) is 2.42. The van der Waals surface area contributed by atoms with Crippen molar-refractivity contribution in [3.63, 3.8) is 0 Å². The molecule has 0 spiro atoms. The van der Waals surface area contributed by atoms with Crippen LogP contribution in [0.15, 0.2) is 18.2 Å². The van der Waals surface area contributed by atoms with Crippen molar-refractivity contribution in [2.24, 2.45) is 0 Å². The van der Waals surface area contributed by atoms with Crippen LogP contribution in [0.25, 0.3) is 10.6 Å². The minimum Gasteiger partial charge on any atom is -0.481 e. The summed E-state index contributed by atoms with van der Waals surface area (Å²) >= 11 is 1.26. The fourth-order valence-corrected chi connectivity index (χ4v) is 2.64. The number of nitrogens with one attached hydrogen (secondary N) is 2. The van der Waals surface area contributed by atoms with E-state index in [0.717, 1.165) is 16.7 Å². The summed E-state index contributed by atoms with van der Waals surface area (Å²) in [6, 6.07) is 5.58. The fourth-order valence-electron chi connectivity index (χ4n) is 1.91. The van der Waals surface area contributed by atoms with Crippen LogP contribution in [0.5, 0.6) is 0 Å². The molecule has 0 aliphatic heterocycles. The summed E-state index contributed by atoms with van der Waals surface area (Å²) < 4.78 is 0. The van der Waals surface area contributed by atoms with Crippen LogP contribution in [0, 0.1) is 13.8 Å². The monoisotopic (exact) mass is 320 g/mol. The highest BCUT2D eigenvalue weighted by molar-refractivity contribution is 7.18. The van der Waals surface area contributed by atoms with Crippen molar-refractivity contribution in [3.05, 3.63) is 29.3 Å². The van der Waals surface area contributed by atoms with E-state index in [9.17, 15) is 9.59 Å². The SMILES string of the molecule is Cc1cc(C)cc(-c2nnc(NC(=O)NCCC(=O)O)s2)c1. The summed E-state index contributed by atoms with van der Waals surface area (Å²) in [4.78, 5) is 21.9. The molecule has 8 heteroatoms. The van der Waals surface area contributed by atoms with Crippen LogP contribution in [-0.4, -0.2) is 33.8 Å². The summed E-state index contributed by atoms with van der Waals surface area (Å²) in [5, 5.41) is 22.5. The van der Waals surface area contributed by atoms with Gasteiger partial charge in [0.15, 0.2) is 0 Å². The number of aliphatic carboxylic acids is 1. The maximum atomic E-state index is 11.6. The molecule has 0 atom stereocenters. The second-order valence-electron chi connectivity index (χ2n) is 4.81. The van der Waals surface area contributed by atoms with Gasteiger partial charge >= 0.3 is 12.0 Å². The molecule has 0 saturated heterocycles. The molecule has 22 heavy (non-hydrogen) atoms. The molecule has 0 fully saturated rings. The molecular formula is C14H16N4O3S. The Morgan fingerprint density at radius 1 is 1.18 bits per heavy atom. The van der Waals surface area contributed by atoms with Gasteiger partial charge in [0.2, 0.25) is 5.13 Å². The summed E-state index contributed by atoms with van der Waals surface area (Å²) in [5.74, 6) is -0.965. The first-order chi connectivity index (χ1) is 10.4. The Balaban J connectivity index is 1.99. The topological polar surface area (TPSA) is 104 Å². The maximum Gasteiger partial charge on any atom is 0.321 e. The molecule has 2 rings (SSSR count). The number of benzene rings is 1. The van der Waals surface area contributed by atoms with E-state index in [2.05, 4.69) is 26.9 Å². The number of aryl methyl sites for hydroxylation is 2. The van der Waals surface area contributed by atoms with E-state index in [0.29, 0.717) is 10.1 Å². The Labute approximate surface area is 131 Å². The summed E-state index contributed by atoms with van der Waals surface area (Å²) in [7, 11) is 0. The number of anilines is 1. The Hall–Kier alpha value is -2.48. The normalized spacial score (nSPS) is 10.3. The summed E-state index contributed by atoms with van der Waals surface area (Å²) in [6.07, 6.45) is -0.128. The molecule has 0 radical (unpaired) electrons. The number of carboxylic acid groups (broad SMARTS) is 1. The lowest BCUT2D eigenvalue weighted by molar-refractivity contribution is -0.136. The van der Waals surface area contributed by atoms with E-state index in [1.54, 1.807) is 0 Å². The van der Waals surface area contributed by atoms with Crippen molar-refractivity contribution in [3.8, 4) is 10.6 Å². The summed E-state index contributed by atoms with van der Waals surface area (Å²) in [6.45, 7) is 4.07. The van der Waals surface area contributed by atoms with Gasteiger partial charge in [0, 0.05) is 12.1 Å². The van der Waals surface area contributed by atoms with Crippen LogP contribution in [0.1, 0.15) is 17.5 Å². The molecule has 116 valence electrons. The highest BCUT2D eigenvalue weighted by atomic mass is 32.1. The molecule has 3 N–H and O–H groups in total. The zero-order chi connectivity index (χ0) is 16.1. The molecule has 0 aliphatic carbocycles. The maximum absolute atomic E-state index is 11.6. The van der Waals surface area contributed by atoms with Crippen LogP contribution in [0.2, 0.25) is 0 Å². The number of nitrogens with zero attached hydrogens (tertiary/aromatic N) is 2.